The number of nitrogens with zero attached hydrogens (tertiary/aromatic N) is 1. The molecule has 0 bridgehead atoms. The van der Waals surface area contributed by atoms with Crippen LogP contribution in [0, 0.1) is 0 Å². The number of rotatable bonds is 4. The van der Waals surface area contributed by atoms with Crippen molar-refractivity contribution in [3.63, 3.8) is 0 Å². The molecule has 6 heteroatoms. The molecule has 1 aromatic rings. The maximum atomic E-state index is 10.9. The normalized spacial score (nSPS) is 9.88. The summed E-state index contributed by atoms with van der Waals surface area (Å²) in [6, 6.07) is 5.49. The number of nitrogens with two attached hydrogens (primary N) is 2. The van der Waals surface area contributed by atoms with Gasteiger partial charge in [-0.2, -0.15) is 0 Å². The Morgan fingerprint density at radius 1 is 1.50 bits per heavy atom. The van der Waals surface area contributed by atoms with Gasteiger partial charge in [-0.05, 0) is 18.2 Å². The van der Waals surface area contributed by atoms with Gasteiger partial charge in [0.15, 0.2) is 0 Å². The molecule has 0 aromatic heterocycles. The van der Waals surface area contributed by atoms with Gasteiger partial charge in [0.25, 0.3) is 0 Å². The van der Waals surface area contributed by atoms with Crippen molar-refractivity contribution < 1.29 is 4.79 Å². The molecule has 1 aromatic carbocycles. The van der Waals surface area contributed by atoms with Crippen molar-refractivity contribution in [2.45, 2.75) is 0 Å². The van der Waals surface area contributed by atoms with Crippen molar-refractivity contribution in [2.75, 3.05) is 18.5 Å². The van der Waals surface area contributed by atoms with Crippen LogP contribution < -0.4 is 16.4 Å². The third-order valence-electron chi connectivity index (χ3n) is 2.03. The van der Waals surface area contributed by atoms with Crippen LogP contribution in [0.4, 0.5) is 5.69 Å². The zero-order chi connectivity index (χ0) is 12.3. The summed E-state index contributed by atoms with van der Waals surface area (Å²) in [4.78, 5) is 12.9. The summed E-state index contributed by atoms with van der Waals surface area (Å²) < 4.78 is 0.888. The van der Waals surface area contributed by atoms with Gasteiger partial charge in [-0.15, -0.1) is 0 Å². The molecule has 0 saturated heterocycles. The van der Waals surface area contributed by atoms with E-state index in [0.29, 0.717) is 4.99 Å². The number of thiocarbonyl (C=S) groups is 1. The zero-order valence-electron chi connectivity index (χ0n) is 8.74. The van der Waals surface area contributed by atoms with E-state index < -0.39 is 5.91 Å². The molecule has 4 nitrogen and oxygen atoms in total. The van der Waals surface area contributed by atoms with Crippen LogP contribution in [0.5, 0.6) is 0 Å². The Kier molecular flexibility index (Phi) is 4.26. The average molecular weight is 302 g/mol. The lowest BCUT2D eigenvalue weighted by atomic mass is 10.1. The molecule has 4 N–H and O–H groups in total. The molecule has 86 valence electrons. The van der Waals surface area contributed by atoms with Crippen LogP contribution in [-0.2, 0) is 4.79 Å². The lowest BCUT2D eigenvalue weighted by Crippen LogP contribution is -2.32. The van der Waals surface area contributed by atoms with Crippen molar-refractivity contribution in [2.24, 2.45) is 11.5 Å². The smallest absolute Gasteiger partial charge is 0.236 e. The number of carbonyl (C=O) groups is 1. The second-order valence-corrected chi connectivity index (χ2v) is 4.70. The molecule has 0 aliphatic rings. The van der Waals surface area contributed by atoms with E-state index >= 15 is 0 Å². The predicted octanol–water partition coefficient (Wildman–Crippen LogP) is 1.00. The van der Waals surface area contributed by atoms with Crippen molar-refractivity contribution in [3.8, 4) is 0 Å². The number of anilines is 1. The first-order chi connectivity index (χ1) is 7.41. The third-order valence-corrected chi connectivity index (χ3v) is 2.74. The third kappa shape index (κ3) is 3.18. The monoisotopic (exact) mass is 301 g/mol. The van der Waals surface area contributed by atoms with Crippen molar-refractivity contribution >= 4 is 44.7 Å². The van der Waals surface area contributed by atoms with E-state index in [4.69, 9.17) is 23.7 Å². The fraction of sp³-hybridized carbons (Fsp3) is 0.200. The summed E-state index contributed by atoms with van der Waals surface area (Å²) in [6.07, 6.45) is 0. The molecule has 0 heterocycles. The molecule has 0 radical (unpaired) electrons. The SMILES string of the molecule is CN(CC(N)=O)c1cc(Br)ccc1C(N)=S. The van der Waals surface area contributed by atoms with E-state index in [-0.39, 0.29) is 6.54 Å². The minimum absolute atomic E-state index is 0.117. The first-order valence-electron chi connectivity index (χ1n) is 4.50. The molecule has 0 spiro atoms. The second-order valence-electron chi connectivity index (χ2n) is 3.35. The summed E-state index contributed by atoms with van der Waals surface area (Å²) in [5.74, 6) is -0.406. The van der Waals surface area contributed by atoms with Gasteiger partial charge in [-0.3, -0.25) is 4.79 Å². The molecule has 1 rings (SSSR count). The molecular formula is C10H12BrN3OS. The van der Waals surface area contributed by atoms with Gasteiger partial charge in [0.05, 0.1) is 6.54 Å². The Bertz CT molecular complexity index is 436. The van der Waals surface area contributed by atoms with Gasteiger partial charge in [0.2, 0.25) is 5.91 Å². The predicted molar refractivity (Wildman–Crippen MR) is 72.5 cm³/mol. The Labute approximate surface area is 108 Å². The highest BCUT2D eigenvalue weighted by Crippen LogP contribution is 2.24. The van der Waals surface area contributed by atoms with Gasteiger partial charge in [0.1, 0.15) is 4.99 Å². The van der Waals surface area contributed by atoms with Crippen LogP contribution in [0.2, 0.25) is 0 Å². The minimum Gasteiger partial charge on any atom is -0.389 e. The molecule has 0 atom stereocenters. The number of benzene rings is 1. The summed E-state index contributed by atoms with van der Waals surface area (Å²) >= 11 is 8.30. The molecule has 1 amide bonds. The van der Waals surface area contributed by atoms with Crippen molar-refractivity contribution in [3.05, 3.63) is 28.2 Å². The molecule has 0 fully saturated rings. The number of hydrogen-bond acceptors (Lipinski definition) is 3. The fourth-order valence-corrected chi connectivity index (χ4v) is 1.87. The Morgan fingerprint density at radius 2 is 2.12 bits per heavy atom. The van der Waals surface area contributed by atoms with Gasteiger partial charge in [0, 0.05) is 22.8 Å². The first-order valence-corrected chi connectivity index (χ1v) is 5.70. The van der Waals surface area contributed by atoms with Gasteiger partial charge in [-0.25, -0.2) is 0 Å². The number of hydrogen-bond donors (Lipinski definition) is 2. The van der Waals surface area contributed by atoms with Gasteiger partial charge < -0.3 is 16.4 Å². The van der Waals surface area contributed by atoms with Crippen LogP contribution in [0.25, 0.3) is 0 Å². The topological polar surface area (TPSA) is 72.3 Å². The quantitative estimate of drug-likeness (QED) is 0.814. The van der Waals surface area contributed by atoms with E-state index in [2.05, 4.69) is 15.9 Å². The van der Waals surface area contributed by atoms with Crippen molar-refractivity contribution in [1.82, 2.24) is 0 Å². The van der Waals surface area contributed by atoms with E-state index in [1.54, 1.807) is 18.0 Å². The lowest BCUT2D eigenvalue weighted by Gasteiger charge is -2.20. The maximum absolute atomic E-state index is 10.9. The summed E-state index contributed by atoms with van der Waals surface area (Å²) in [5.41, 5.74) is 12.2. The molecular weight excluding hydrogens is 290 g/mol. The second kappa shape index (κ2) is 5.27. The van der Waals surface area contributed by atoms with E-state index in [9.17, 15) is 4.79 Å². The average Bonchev–Trinajstić information content (AvgIpc) is 2.15. The minimum atomic E-state index is -0.406. The highest BCUT2D eigenvalue weighted by molar-refractivity contribution is 9.10. The van der Waals surface area contributed by atoms with Crippen LogP contribution in [0.15, 0.2) is 22.7 Å². The summed E-state index contributed by atoms with van der Waals surface area (Å²) in [6.45, 7) is 0.117. The van der Waals surface area contributed by atoms with E-state index in [0.717, 1.165) is 15.7 Å². The zero-order valence-corrected chi connectivity index (χ0v) is 11.1. The number of primary amides is 1. The van der Waals surface area contributed by atoms with Gasteiger partial charge >= 0.3 is 0 Å². The highest BCUT2D eigenvalue weighted by Gasteiger charge is 2.11. The van der Waals surface area contributed by atoms with Crippen LogP contribution in [0.1, 0.15) is 5.56 Å². The van der Waals surface area contributed by atoms with Crippen molar-refractivity contribution in [1.29, 1.82) is 0 Å². The molecule has 0 aliphatic carbocycles. The fourth-order valence-electron chi connectivity index (χ4n) is 1.35. The highest BCUT2D eigenvalue weighted by atomic mass is 79.9. The largest absolute Gasteiger partial charge is 0.389 e. The van der Waals surface area contributed by atoms with E-state index in [1.165, 1.54) is 0 Å². The molecule has 0 unspecified atom stereocenters. The number of likely N-dealkylation sites (N-methyl/N-ethyl adjacent to an activating group) is 1. The summed E-state index contributed by atoms with van der Waals surface area (Å²) in [7, 11) is 1.76. The van der Waals surface area contributed by atoms with Crippen LogP contribution in [0.3, 0.4) is 0 Å². The molecule has 0 aliphatic heterocycles. The lowest BCUT2D eigenvalue weighted by molar-refractivity contribution is -0.116. The Balaban J connectivity index is 3.13. The Hall–Kier alpha value is -1.14. The number of halogens is 1. The van der Waals surface area contributed by atoms with Crippen LogP contribution >= 0.6 is 28.1 Å². The molecule has 0 saturated carbocycles. The number of amides is 1. The first kappa shape index (κ1) is 12.9. The standard InChI is InChI=1S/C10H12BrN3OS/c1-14(5-9(12)15)8-4-6(11)2-3-7(8)10(13)16/h2-4H,5H2,1H3,(H2,12,15)(H2,13,16). The van der Waals surface area contributed by atoms with Crippen LogP contribution in [-0.4, -0.2) is 24.5 Å². The molecule has 16 heavy (non-hydrogen) atoms. The summed E-state index contributed by atoms with van der Waals surface area (Å²) in [5, 5.41) is 0. The Morgan fingerprint density at radius 3 is 2.62 bits per heavy atom. The number of carbonyl (C=O) groups excluding carboxylic acids is 1. The maximum Gasteiger partial charge on any atom is 0.236 e. The van der Waals surface area contributed by atoms with Gasteiger partial charge in [-0.1, -0.05) is 28.1 Å². The van der Waals surface area contributed by atoms with E-state index in [1.807, 2.05) is 12.1 Å².